The van der Waals surface area contributed by atoms with Gasteiger partial charge < -0.3 is 0 Å². The monoisotopic (exact) mass is 99.0 g/mol. The van der Waals surface area contributed by atoms with E-state index in [1.807, 2.05) is 0 Å². The van der Waals surface area contributed by atoms with Gasteiger partial charge in [0.15, 0.2) is 0 Å². The Balaban J connectivity index is 3.41. The quantitative estimate of drug-likeness (QED) is 0.342. The molecule has 0 spiro atoms. The van der Waals surface area contributed by atoms with Crippen LogP contribution < -0.4 is 0 Å². The predicted molar refractivity (Wildman–Crippen MR) is 25.1 cm³/mol. The Labute approximate surface area is 39.8 Å². The molecule has 0 aliphatic rings. The third-order valence-corrected chi connectivity index (χ3v) is 0.431. The van der Waals surface area contributed by atoms with Crippen LogP contribution in [0, 0.1) is 0 Å². The van der Waals surface area contributed by atoms with E-state index in [0.717, 1.165) is 0 Å². The first-order chi connectivity index (χ1) is 2.77. The lowest BCUT2D eigenvalue weighted by Crippen LogP contribution is -1.61. The van der Waals surface area contributed by atoms with Crippen molar-refractivity contribution in [2.24, 2.45) is 0 Å². The maximum atomic E-state index is 11.4. The van der Waals surface area contributed by atoms with E-state index < -0.39 is 5.45 Å². The molecule has 0 rings (SSSR count). The smallest absolute Gasteiger partial charge is 0.115 e. The van der Waals surface area contributed by atoms with Crippen LogP contribution in [0.4, 0.5) is 4.39 Å². The molecule has 0 aromatic rings. The molecule has 0 bridgehead atoms. The van der Waals surface area contributed by atoms with Gasteiger partial charge in [-0.2, -0.15) is 0 Å². The number of rotatable bonds is 1. The molecule has 31 valence electrons. The molecule has 0 aromatic heterocycles. The van der Waals surface area contributed by atoms with Gasteiger partial charge >= 0.3 is 0 Å². The Kier molecular flexibility index (Phi) is 2.67. The lowest BCUT2D eigenvalue weighted by molar-refractivity contribution is 0.694. The van der Waals surface area contributed by atoms with Gasteiger partial charge in [-0.3, -0.25) is 0 Å². The van der Waals surface area contributed by atoms with Gasteiger partial charge in [-0.25, -0.2) is 4.39 Å². The van der Waals surface area contributed by atoms with Crippen molar-refractivity contribution < 1.29 is 4.39 Å². The minimum atomic E-state index is -0.398. The van der Waals surface area contributed by atoms with Crippen molar-refractivity contribution in [3.63, 3.8) is 0 Å². The molecule has 0 aromatic carbocycles. The van der Waals surface area contributed by atoms with Crippen LogP contribution in [0.15, 0.2) is 24.2 Å². The van der Waals surface area contributed by atoms with E-state index >= 15 is 0 Å². The molecule has 6 heavy (non-hydrogen) atoms. The first-order valence-electron chi connectivity index (χ1n) is 1.47. The van der Waals surface area contributed by atoms with Gasteiger partial charge in [-0.15, -0.1) is 0 Å². The molecular formula is C4H4FSi. The van der Waals surface area contributed by atoms with Gasteiger partial charge in [-0.05, 0) is 6.08 Å². The van der Waals surface area contributed by atoms with Crippen LogP contribution in [0.25, 0.3) is 0 Å². The molecule has 0 fully saturated rings. The average molecular weight is 99.2 g/mol. The standard InChI is InChI=1S/C4H4FSi/c1-2-3-4(5)6/h2-3H,1H2/b4-3-. The fraction of sp³-hybridized carbons (Fsp3) is 0. The molecule has 0 saturated heterocycles. The van der Waals surface area contributed by atoms with E-state index in [9.17, 15) is 4.39 Å². The summed E-state index contributed by atoms with van der Waals surface area (Å²) < 4.78 is 11.4. The molecule has 0 unspecified atom stereocenters. The van der Waals surface area contributed by atoms with Gasteiger partial charge in [0.1, 0.15) is 10.2 Å². The zero-order valence-electron chi connectivity index (χ0n) is 3.24. The van der Waals surface area contributed by atoms with Gasteiger partial charge in [0.05, 0.1) is 5.45 Å². The van der Waals surface area contributed by atoms with E-state index in [-0.39, 0.29) is 0 Å². The highest BCUT2D eigenvalue weighted by molar-refractivity contribution is 6.20. The Morgan fingerprint density at radius 1 is 1.83 bits per heavy atom. The second-order valence-electron chi connectivity index (χ2n) is 0.750. The van der Waals surface area contributed by atoms with Gasteiger partial charge in [0, 0.05) is 0 Å². The fourth-order valence-corrected chi connectivity index (χ4v) is 0.221. The summed E-state index contributed by atoms with van der Waals surface area (Å²) in [5, 5.41) is 0. The van der Waals surface area contributed by atoms with Crippen LogP contribution in [0.5, 0.6) is 0 Å². The second kappa shape index (κ2) is 2.84. The summed E-state index contributed by atoms with van der Waals surface area (Å²) in [6.45, 7) is 3.25. The molecule has 0 amide bonds. The third kappa shape index (κ3) is 3.63. The Morgan fingerprint density at radius 2 is 2.33 bits per heavy atom. The fourth-order valence-electron chi connectivity index (χ4n) is 0.103. The van der Waals surface area contributed by atoms with Crippen molar-refractivity contribution in [3.05, 3.63) is 24.2 Å². The molecule has 0 aliphatic carbocycles. The van der Waals surface area contributed by atoms with Crippen molar-refractivity contribution in [2.75, 3.05) is 0 Å². The van der Waals surface area contributed by atoms with Crippen LogP contribution in [0.2, 0.25) is 0 Å². The number of hydrogen-bond donors (Lipinski definition) is 0. The maximum absolute atomic E-state index is 11.4. The zero-order valence-corrected chi connectivity index (χ0v) is 4.24. The molecular weight excluding hydrogens is 95.1 g/mol. The summed E-state index contributed by atoms with van der Waals surface area (Å²) in [6.07, 6.45) is 2.58. The highest BCUT2D eigenvalue weighted by Gasteiger charge is 1.70. The van der Waals surface area contributed by atoms with Crippen molar-refractivity contribution in [2.45, 2.75) is 0 Å². The predicted octanol–water partition coefficient (Wildman–Crippen LogP) is 1.15. The van der Waals surface area contributed by atoms with Crippen molar-refractivity contribution in [3.8, 4) is 0 Å². The third-order valence-electron chi connectivity index (χ3n) is 0.264. The Morgan fingerprint density at radius 3 is 2.33 bits per heavy atom. The average Bonchev–Trinajstić information content (AvgIpc) is 1.35. The van der Waals surface area contributed by atoms with Crippen LogP contribution >= 0.6 is 0 Å². The molecule has 0 saturated carbocycles. The molecule has 0 nitrogen and oxygen atoms in total. The summed E-state index contributed by atoms with van der Waals surface area (Å²) in [7, 11) is 2.60. The lowest BCUT2D eigenvalue weighted by atomic mass is 10.6. The zero-order chi connectivity index (χ0) is 4.99. The number of halogens is 1. The van der Waals surface area contributed by atoms with Crippen molar-refractivity contribution in [1.82, 2.24) is 0 Å². The topological polar surface area (TPSA) is 0 Å². The molecule has 0 atom stereocenters. The Bertz CT molecular complexity index is 71.6. The van der Waals surface area contributed by atoms with Crippen molar-refractivity contribution >= 4 is 10.2 Å². The van der Waals surface area contributed by atoms with E-state index in [1.165, 1.54) is 12.2 Å². The van der Waals surface area contributed by atoms with Crippen molar-refractivity contribution in [1.29, 1.82) is 0 Å². The maximum Gasteiger partial charge on any atom is 0.115 e. The molecule has 2 heteroatoms. The van der Waals surface area contributed by atoms with Gasteiger partial charge in [-0.1, -0.05) is 12.7 Å². The molecule has 0 aliphatic heterocycles. The Hall–Kier alpha value is -0.373. The van der Waals surface area contributed by atoms with Crippen LogP contribution in [0.3, 0.4) is 0 Å². The minimum absolute atomic E-state index is 0.398. The highest BCUT2D eigenvalue weighted by Crippen LogP contribution is 1.84. The molecule has 3 radical (unpaired) electrons. The SMILES string of the molecule is C=C/C=C(/F)[Si]. The first-order valence-corrected chi connectivity index (χ1v) is 1.97. The number of allylic oxidation sites excluding steroid dienone is 2. The summed E-state index contributed by atoms with van der Waals surface area (Å²) in [5.41, 5.74) is -0.398. The van der Waals surface area contributed by atoms with E-state index in [1.54, 1.807) is 0 Å². The summed E-state index contributed by atoms with van der Waals surface area (Å²) in [6, 6.07) is 0. The summed E-state index contributed by atoms with van der Waals surface area (Å²) >= 11 is 0. The molecule has 0 N–H and O–H groups in total. The largest absolute Gasteiger partial charge is 0.218 e. The lowest BCUT2D eigenvalue weighted by Gasteiger charge is -1.70. The summed E-state index contributed by atoms with van der Waals surface area (Å²) in [5.74, 6) is 0. The van der Waals surface area contributed by atoms with Gasteiger partial charge in [0.2, 0.25) is 0 Å². The summed E-state index contributed by atoms with van der Waals surface area (Å²) in [4.78, 5) is 0. The van der Waals surface area contributed by atoms with Gasteiger partial charge in [0.25, 0.3) is 0 Å². The molecule has 0 heterocycles. The first kappa shape index (κ1) is 5.63. The van der Waals surface area contributed by atoms with E-state index in [0.29, 0.717) is 0 Å². The number of hydrogen-bond acceptors (Lipinski definition) is 0. The highest BCUT2D eigenvalue weighted by atomic mass is 28.1. The van der Waals surface area contributed by atoms with Crippen LogP contribution in [0.1, 0.15) is 0 Å². The van der Waals surface area contributed by atoms with E-state index in [4.69, 9.17) is 0 Å². The van der Waals surface area contributed by atoms with Crippen LogP contribution in [-0.2, 0) is 0 Å². The van der Waals surface area contributed by atoms with E-state index in [2.05, 4.69) is 16.8 Å². The minimum Gasteiger partial charge on any atom is -0.218 e. The van der Waals surface area contributed by atoms with Crippen LogP contribution in [-0.4, -0.2) is 10.2 Å². The second-order valence-corrected chi connectivity index (χ2v) is 1.23. The normalized spacial score (nSPS) is 11.3.